The standard InChI is InChI=1S/C27H33N5O4S/c1-19-7-12-22(13-8-19)29-26(33)31-37(35,36)23-14-9-20(10-15-23)17-18-28-27(34)32(2)25-16-11-21-5-3-4-6-24(21)30-25/h3-6,9-11,14-16,19,22H,7-8,12-13,17-18H2,1-2H3,(H,28,34)(H2,29,31,33). The van der Waals surface area contributed by atoms with Crippen LogP contribution in [-0.4, -0.2) is 45.1 Å². The normalized spacial score (nSPS) is 17.7. The summed E-state index contributed by atoms with van der Waals surface area (Å²) in [6, 6.07) is 16.7. The number of sulfonamides is 1. The Morgan fingerprint density at radius 2 is 1.68 bits per heavy atom. The Morgan fingerprint density at radius 3 is 2.41 bits per heavy atom. The molecule has 10 heteroatoms. The van der Waals surface area contributed by atoms with Gasteiger partial charge in [0, 0.05) is 25.0 Å². The van der Waals surface area contributed by atoms with Crippen LogP contribution in [0.3, 0.4) is 0 Å². The van der Waals surface area contributed by atoms with Gasteiger partial charge in [-0.1, -0.05) is 37.3 Å². The van der Waals surface area contributed by atoms with Crippen LogP contribution in [0.4, 0.5) is 15.4 Å². The van der Waals surface area contributed by atoms with Crippen molar-refractivity contribution in [1.29, 1.82) is 0 Å². The molecule has 37 heavy (non-hydrogen) atoms. The van der Waals surface area contributed by atoms with E-state index >= 15 is 0 Å². The molecule has 1 heterocycles. The predicted molar refractivity (Wildman–Crippen MR) is 144 cm³/mol. The lowest BCUT2D eigenvalue weighted by molar-refractivity contribution is 0.233. The van der Waals surface area contributed by atoms with E-state index in [9.17, 15) is 18.0 Å². The molecular formula is C27H33N5O4S. The Bertz CT molecular complexity index is 1350. The third-order valence-electron chi connectivity index (χ3n) is 6.73. The van der Waals surface area contributed by atoms with Crippen molar-refractivity contribution in [2.24, 2.45) is 5.92 Å². The summed E-state index contributed by atoms with van der Waals surface area (Å²) in [6.45, 7) is 2.55. The van der Waals surface area contributed by atoms with E-state index in [4.69, 9.17) is 0 Å². The van der Waals surface area contributed by atoms with Crippen LogP contribution in [0.15, 0.2) is 65.6 Å². The molecule has 4 amide bonds. The van der Waals surface area contributed by atoms with Gasteiger partial charge in [0.1, 0.15) is 5.82 Å². The van der Waals surface area contributed by atoms with E-state index in [1.165, 1.54) is 17.0 Å². The first-order valence-corrected chi connectivity index (χ1v) is 14.0. The molecule has 196 valence electrons. The van der Waals surface area contributed by atoms with E-state index in [2.05, 4.69) is 27.3 Å². The second kappa shape index (κ2) is 11.6. The highest BCUT2D eigenvalue weighted by atomic mass is 32.2. The number of hydrogen-bond acceptors (Lipinski definition) is 5. The van der Waals surface area contributed by atoms with Crippen molar-refractivity contribution in [3.63, 3.8) is 0 Å². The Kier molecular flexibility index (Phi) is 8.27. The maximum atomic E-state index is 12.6. The number of anilines is 1. The number of pyridine rings is 1. The van der Waals surface area contributed by atoms with Crippen LogP contribution in [0.1, 0.15) is 38.2 Å². The Balaban J connectivity index is 1.25. The Labute approximate surface area is 217 Å². The number of fused-ring (bicyclic) bond motifs is 1. The summed E-state index contributed by atoms with van der Waals surface area (Å²) in [5.74, 6) is 1.18. The van der Waals surface area contributed by atoms with Gasteiger partial charge in [-0.3, -0.25) is 4.90 Å². The smallest absolute Gasteiger partial charge is 0.328 e. The van der Waals surface area contributed by atoms with E-state index in [0.29, 0.717) is 24.7 Å². The quantitative estimate of drug-likeness (QED) is 0.429. The van der Waals surface area contributed by atoms with Gasteiger partial charge in [0.05, 0.1) is 10.4 Å². The Morgan fingerprint density at radius 1 is 0.973 bits per heavy atom. The zero-order valence-corrected chi connectivity index (χ0v) is 21.9. The minimum absolute atomic E-state index is 0.0000454. The fourth-order valence-electron chi connectivity index (χ4n) is 4.41. The molecule has 0 saturated heterocycles. The van der Waals surface area contributed by atoms with E-state index in [0.717, 1.165) is 42.1 Å². The van der Waals surface area contributed by atoms with Crippen molar-refractivity contribution >= 4 is 38.8 Å². The topological polar surface area (TPSA) is 120 Å². The fourth-order valence-corrected chi connectivity index (χ4v) is 5.33. The van der Waals surface area contributed by atoms with Crippen LogP contribution in [0.2, 0.25) is 0 Å². The van der Waals surface area contributed by atoms with Crippen molar-refractivity contribution in [2.75, 3.05) is 18.5 Å². The van der Waals surface area contributed by atoms with Gasteiger partial charge in [-0.25, -0.2) is 27.7 Å². The number of carbonyl (C=O) groups excluding carboxylic acids is 2. The fraction of sp³-hybridized carbons (Fsp3) is 0.370. The van der Waals surface area contributed by atoms with Gasteiger partial charge in [0.15, 0.2) is 0 Å². The summed E-state index contributed by atoms with van der Waals surface area (Å²) < 4.78 is 27.3. The Hall–Kier alpha value is -3.66. The number of nitrogens with zero attached hydrogens (tertiary/aromatic N) is 2. The number of aromatic nitrogens is 1. The van der Waals surface area contributed by atoms with Crippen LogP contribution in [0.25, 0.3) is 10.9 Å². The second-order valence-corrected chi connectivity index (χ2v) is 11.3. The van der Waals surface area contributed by atoms with Crippen LogP contribution >= 0.6 is 0 Å². The van der Waals surface area contributed by atoms with Crippen LogP contribution < -0.4 is 20.3 Å². The number of benzene rings is 2. The number of hydrogen-bond donors (Lipinski definition) is 3. The van der Waals surface area contributed by atoms with Gasteiger partial charge >= 0.3 is 12.1 Å². The van der Waals surface area contributed by atoms with E-state index in [-0.39, 0.29) is 17.0 Å². The molecule has 9 nitrogen and oxygen atoms in total. The molecule has 0 unspecified atom stereocenters. The molecule has 1 fully saturated rings. The van der Waals surface area contributed by atoms with Crippen molar-refractivity contribution in [3.05, 3.63) is 66.2 Å². The molecule has 4 rings (SSSR count). The average Bonchev–Trinajstić information content (AvgIpc) is 2.89. The van der Waals surface area contributed by atoms with Gasteiger partial charge in [-0.05, 0) is 73.9 Å². The highest BCUT2D eigenvalue weighted by molar-refractivity contribution is 7.90. The zero-order valence-electron chi connectivity index (χ0n) is 21.1. The molecule has 1 saturated carbocycles. The maximum Gasteiger partial charge on any atom is 0.328 e. The van der Waals surface area contributed by atoms with Crippen molar-refractivity contribution < 1.29 is 18.0 Å². The number of urea groups is 2. The average molecular weight is 524 g/mol. The van der Waals surface area contributed by atoms with E-state index in [1.807, 2.05) is 30.3 Å². The predicted octanol–water partition coefficient (Wildman–Crippen LogP) is 4.19. The number of rotatable bonds is 7. The van der Waals surface area contributed by atoms with Gasteiger partial charge in [0.25, 0.3) is 10.0 Å². The maximum absolute atomic E-state index is 12.6. The summed E-state index contributed by atoms with van der Waals surface area (Å²) in [5.41, 5.74) is 1.66. The highest BCUT2D eigenvalue weighted by Crippen LogP contribution is 2.23. The third-order valence-corrected chi connectivity index (χ3v) is 8.08. The molecule has 3 N–H and O–H groups in total. The lowest BCUT2D eigenvalue weighted by atomic mass is 9.87. The first-order chi connectivity index (χ1) is 17.7. The molecule has 1 aliphatic carbocycles. The first kappa shape index (κ1) is 26.4. The molecule has 0 bridgehead atoms. The number of nitrogens with one attached hydrogen (secondary N) is 3. The minimum atomic E-state index is -3.97. The first-order valence-electron chi connectivity index (χ1n) is 12.5. The summed E-state index contributed by atoms with van der Waals surface area (Å²) in [5, 5.41) is 6.62. The van der Waals surface area contributed by atoms with Crippen molar-refractivity contribution in [1.82, 2.24) is 20.3 Å². The summed E-state index contributed by atoms with van der Waals surface area (Å²) in [7, 11) is -2.32. The molecule has 3 aromatic rings. The lowest BCUT2D eigenvalue weighted by Crippen LogP contribution is -2.45. The van der Waals surface area contributed by atoms with Gasteiger partial charge in [-0.15, -0.1) is 0 Å². The second-order valence-electron chi connectivity index (χ2n) is 9.58. The van der Waals surface area contributed by atoms with Gasteiger partial charge in [0.2, 0.25) is 0 Å². The molecule has 1 aliphatic rings. The lowest BCUT2D eigenvalue weighted by Gasteiger charge is -2.26. The van der Waals surface area contributed by atoms with Crippen LogP contribution in [0, 0.1) is 5.92 Å². The molecule has 1 aromatic heterocycles. The van der Waals surface area contributed by atoms with Crippen LogP contribution in [-0.2, 0) is 16.4 Å². The molecule has 0 atom stereocenters. The molecule has 0 spiro atoms. The van der Waals surface area contributed by atoms with E-state index in [1.54, 1.807) is 25.2 Å². The highest BCUT2D eigenvalue weighted by Gasteiger charge is 2.23. The monoisotopic (exact) mass is 523 g/mol. The molecule has 2 aromatic carbocycles. The minimum Gasteiger partial charge on any atom is -0.337 e. The zero-order chi connectivity index (χ0) is 26.4. The number of amides is 4. The van der Waals surface area contributed by atoms with E-state index < -0.39 is 16.1 Å². The summed E-state index contributed by atoms with van der Waals surface area (Å²) in [4.78, 5) is 30.8. The van der Waals surface area contributed by atoms with Crippen molar-refractivity contribution in [3.8, 4) is 0 Å². The van der Waals surface area contributed by atoms with Gasteiger partial charge < -0.3 is 10.6 Å². The van der Waals surface area contributed by atoms with Gasteiger partial charge in [-0.2, -0.15) is 0 Å². The van der Waals surface area contributed by atoms with Crippen molar-refractivity contribution in [2.45, 2.75) is 50.0 Å². The molecule has 0 radical (unpaired) electrons. The molecule has 0 aliphatic heterocycles. The largest absolute Gasteiger partial charge is 0.337 e. The summed E-state index contributed by atoms with van der Waals surface area (Å²) in [6.07, 6.45) is 4.27. The SMILES string of the molecule is CC1CCC(NC(=O)NS(=O)(=O)c2ccc(CCNC(=O)N(C)c3ccc4ccccc4n3)cc2)CC1. The molecular weight excluding hydrogens is 490 g/mol. The number of carbonyl (C=O) groups is 2. The summed E-state index contributed by atoms with van der Waals surface area (Å²) >= 11 is 0. The number of para-hydroxylation sites is 1. The third kappa shape index (κ3) is 6.97. The van der Waals surface area contributed by atoms with Crippen LogP contribution in [0.5, 0.6) is 0 Å².